The third kappa shape index (κ3) is 4.64. The highest BCUT2D eigenvalue weighted by molar-refractivity contribution is 9.13. The normalized spacial score (nSPS) is 11.8. The zero-order valence-electron chi connectivity index (χ0n) is 17.9. The van der Waals surface area contributed by atoms with Gasteiger partial charge < -0.3 is 9.47 Å². The second-order valence-corrected chi connectivity index (χ2v) is 10.6. The minimum absolute atomic E-state index is 1.02. The Kier molecular flexibility index (Phi) is 6.95. The summed E-state index contributed by atoms with van der Waals surface area (Å²) in [5, 5.41) is 2.55. The first-order valence-electron chi connectivity index (χ1n) is 10.4. The van der Waals surface area contributed by atoms with Crippen LogP contribution in [-0.4, -0.2) is 18.7 Å². The van der Waals surface area contributed by atoms with Gasteiger partial charge in [0.15, 0.2) is 0 Å². The standard InChI is InChI=1S/C26H25Br3N2/c1-4-5-12-31-25-13-18(9-6-17-7-10-19(11-8-17)30(2)3)22(27)14-20(25)21-15-23(28)24(29)16-26(21)31/h6-11,13-16H,4-5,12H2,1-3H3/b9-6+. The topological polar surface area (TPSA) is 8.17 Å². The minimum atomic E-state index is 1.02. The van der Waals surface area contributed by atoms with Gasteiger partial charge in [-0.05, 0) is 85.8 Å². The highest BCUT2D eigenvalue weighted by Gasteiger charge is 2.14. The highest BCUT2D eigenvalue weighted by atomic mass is 79.9. The van der Waals surface area contributed by atoms with Crippen molar-refractivity contribution in [2.75, 3.05) is 19.0 Å². The van der Waals surface area contributed by atoms with Crippen LogP contribution in [0.25, 0.3) is 34.0 Å². The fraction of sp³-hybridized carbons (Fsp3) is 0.231. The number of rotatable bonds is 6. The van der Waals surface area contributed by atoms with Gasteiger partial charge in [0.05, 0.1) is 5.52 Å². The fourth-order valence-electron chi connectivity index (χ4n) is 3.88. The van der Waals surface area contributed by atoms with Crippen LogP contribution in [0, 0.1) is 0 Å². The number of unbranched alkanes of at least 4 members (excludes halogenated alkanes) is 1. The number of anilines is 1. The summed E-state index contributed by atoms with van der Waals surface area (Å²) in [6, 6.07) is 17.6. The number of halogens is 3. The molecular formula is C26H25Br3N2. The molecule has 0 atom stereocenters. The van der Waals surface area contributed by atoms with Crippen molar-refractivity contribution in [2.24, 2.45) is 0 Å². The van der Waals surface area contributed by atoms with Crippen molar-refractivity contribution in [2.45, 2.75) is 26.3 Å². The van der Waals surface area contributed by atoms with Crippen LogP contribution >= 0.6 is 47.8 Å². The van der Waals surface area contributed by atoms with E-state index in [1.54, 1.807) is 0 Å². The van der Waals surface area contributed by atoms with Crippen LogP contribution in [0.15, 0.2) is 61.9 Å². The van der Waals surface area contributed by atoms with Gasteiger partial charge in [0, 0.05) is 56.0 Å². The molecule has 0 fully saturated rings. The maximum Gasteiger partial charge on any atom is 0.0503 e. The average molecular weight is 605 g/mol. The first-order valence-corrected chi connectivity index (χ1v) is 12.8. The Labute approximate surface area is 209 Å². The van der Waals surface area contributed by atoms with Crippen molar-refractivity contribution >= 4 is 87.4 Å². The van der Waals surface area contributed by atoms with Gasteiger partial charge >= 0.3 is 0 Å². The molecule has 0 saturated heterocycles. The number of fused-ring (bicyclic) bond motifs is 3. The number of nitrogens with zero attached hydrogens (tertiary/aromatic N) is 2. The largest absolute Gasteiger partial charge is 0.378 e. The molecule has 0 aliphatic heterocycles. The summed E-state index contributed by atoms with van der Waals surface area (Å²) in [5.74, 6) is 0. The van der Waals surface area contributed by atoms with Crippen molar-refractivity contribution in [3.05, 3.63) is 73.1 Å². The molecule has 5 heteroatoms. The van der Waals surface area contributed by atoms with Gasteiger partial charge in [-0.1, -0.05) is 53.6 Å². The molecule has 2 nitrogen and oxygen atoms in total. The third-order valence-corrected chi connectivity index (χ3v) is 8.16. The summed E-state index contributed by atoms with van der Waals surface area (Å²) >= 11 is 11.2. The van der Waals surface area contributed by atoms with Gasteiger partial charge in [-0.25, -0.2) is 0 Å². The maximum atomic E-state index is 3.81. The monoisotopic (exact) mass is 602 g/mol. The lowest BCUT2D eigenvalue weighted by atomic mass is 10.1. The van der Waals surface area contributed by atoms with E-state index in [9.17, 15) is 0 Å². The molecule has 0 saturated carbocycles. The van der Waals surface area contributed by atoms with E-state index >= 15 is 0 Å². The number of hydrogen-bond donors (Lipinski definition) is 0. The van der Waals surface area contributed by atoms with Crippen LogP contribution in [0.5, 0.6) is 0 Å². The number of benzene rings is 3. The molecule has 0 unspecified atom stereocenters. The summed E-state index contributed by atoms with van der Waals surface area (Å²) in [5.41, 5.74) is 6.13. The molecule has 4 rings (SSSR count). The molecule has 1 aromatic heterocycles. The molecule has 0 aliphatic rings. The lowest BCUT2D eigenvalue weighted by molar-refractivity contribution is 0.665. The SMILES string of the molecule is CCCCn1c2cc(Br)c(Br)cc2c2cc(Br)c(/C=C/c3ccc(N(C)C)cc3)cc21. The Balaban J connectivity index is 1.81. The van der Waals surface area contributed by atoms with Crippen molar-refractivity contribution in [1.29, 1.82) is 0 Å². The average Bonchev–Trinajstić information content (AvgIpc) is 3.02. The van der Waals surface area contributed by atoms with E-state index in [0.717, 1.165) is 26.4 Å². The molecule has 3 aromatic carbocycles. The quantitative estimate of drug-likeness (QED) is 0.199. The van der Waals surface area contributed by atoms with Crippen LogP contribution in [0.1, 0.15) is 30.9 Å². The Hall–Kier alpha value is -1.56. The van der Waals surface area contributed by atoms with Crippen LogP contribution in [0.3, 0.4) is 0 Å². The Bertz CT molecular complexity index is 1270. The lowest BCUT2D eigenvalue weighted by Gasteiger charge is -2.11. The molecule has 0 radical (unpaired) electrons. The van der Waals surface area contributed by atoms with Crippen molar-refractivity contribution < 1.29 is 0 Å². The minimum Gasteiger partial charge on any atom is -0.378 e. The van der Waals surface area contributed by atoms with Crippen LogP contribution in [0.4, 0.5) is 5.69 Å². The van der Waals surface area contributed by atoms with E-state index in [1.807, 2.05) is 0 Å². The zero-order valence-corrected chi connectivity index (χ0v) is 22.7. The molecule has 0 amide bonds. The van der Waals surface area contributed by atoms with Crippen LogP contribution in [0.2, 0.25) is 0 Å². The van der Waals surface area contributed by atoms with Crippen LogP contribution < -0.4 is 4.90 Å². The molecule has 0 bridgehead atoms. The van der Waals surface area contributed by atoms with E-state index < -0.39 is 0 Å². The maximum absolute atomic E-state index is 3.81. The predicted molar refractivity (Wildman–Crippen MR) is 147 cm³/mol. The summed E-state index contributed by atoms with van der Waals surface area (Å²) < 4.78 is 5.73. The lowest BCUT2D eigenvalue weighted by Crippen LogP contribution is -2.07. The molecule has 0 spiro atoms. The summed E-state index contributed by atoms with van der Waals surface area (Å²) in [4.78, 5) is 2.11. The molecule has 4 aromatic rings. The highest BCUT2D eigenvalue weighted by Crippen LogP contribution is 2.38. The Morgan fingerprint density at radius 1 is 0.806 bits per heavy atom. The Morgan fingerprint density at radius 2 is 1.42 bits per heavy atom. The summed E-state index contributed by atoms with van der Waals surface area (Å²) in [6.45, 7) is 3.26. The predicted octanol–water partition coefficient (Wildman–Crippen LogP) is 9.12. The Morgan fingerprint density at radius 3 is 2.06 bits per heavy atom. The van der Waals surface area contributed by atoms with E-state index in [2.05, 4.69) is 139 Å². The first-order chi connectivity index (χ1) is 14.9. The fourth-order valence-corrected chi connectivity index (χ4v) is 5.03. The smallest absolute Gasteiger partial charge is 0.0503 e. The molecule has 31 heavy (non-hydrogen) atoms. The second-order valence-electron chi connectivity index (χ2n) is 8.00. The molecular weight excluding hydrogens is 580 g/mol. The molecule has 0 N–H and O–H groups in total. The zero-order chi connectivity index (χ0) is 22.1. The molecule has 0 aliphatic carbocycles. The molecule has 1 heterocycles. The summed E-state index contributed by atoms with van der Waals surface area (Å²) in [6.07, 6.45) is 6.70. The van der Waals surface area contributed by atoms with Crippen LogP contribution in [-0.2, 0) is 6.54 Å². The first kappa shape index (κ1) is 22.6. The van der Waals surface area contributed by atoms with E-state index in [4.69, 9.17) is 0 Å². The second kappa shape index (κ2) is 9.51. The number of hydrogen-bond acceptors (Lipinski definition) is 1. The van der Waals surface area contributed by atoms with E-state index in [1.165, 1.54) is 45.0 Å². The van der Waals surface area contributed by atoms with Crippen molar-refractivity contribution in [1.82, 2.24) is 4.57 Å². The van der Waals surface area contributed by atoms with E-state index in [0.29, 0.717) is 0 Å². The number of aromatic nitrogens is 1. The van der Waals surface area contributed by atoms with Gasteiger partial charge in [-0.3, -0.25) is 0 Å². The van der Waals surface area contributed by atoms with Crippen molar-refractivity contribution in [3.63, 3.8) is 0 Å². The van der Waals surface area contributed by atoms with Gasteiger partial charge in [0.2, 0.25) is 0 Å². The van der Waals surface area contributed by atoms with Gasteiger partial charge in [-0.2, -0.15) is 0 Å². The third-order valence-electron chi connectivity index (χ3n) is 5.63. The van der Waals surface area contributed by atoms with E-state index in [-0.39, 0.29) is 0 Å². The van der Waals surface area contributed by atoms with Gasteiger partial charge in [0.1, 0.15) is 0 Å². The van der Waals surface area contributed by atoms with Gasteiger partial charge in [0.25, 0.3) is 0 Å². The summed E-state index contributed by atoms with van der Waals surface area (Å²) in [7, 11) is 4.12. The number of aryl methyl sites for hydroxylation is 1. The van der Waals surface area contributed by atoms with Crippen molar-refractivity contribution in [3.8, 4) is 0 Å². The molecule has 160 valence electrons. The van der Waals surface area contributed by atoms with Gasteiger partial charge in [-0.15, -0.1) is 0 Å².